The van der Waals surface area contributed by atoms with E-state index in [9.17, 15) is 14.7 Å². The summed E-state index contributed by atoms with van der Waals surface area (Å²) in [7, 11) is 0. The molecule has 0 aliphatic heterocycles. The van der Waals surface area contributed by atoms with Crippen molar-refractivity contribution in [3.63, 3.8) is 0 Å². The zero-order valence-corrected chi connectivity index (χ0v) is 12.0. The molecule has 0 saturated heterocycles. The molecule has 21 heavy (non-hydrogen) atoms. The molecule has 1 aromatic rings. The fraction of sp³-hybridized carbons (Fsp3) is 0.438. The number of hydrogen-bond donors (Lipinski definition) is 1. The molecule has 5 nitrogen and oxygen atoms in total. The Morgan fingerprint density at radius 1 is 1.19 bits per heavy atom. The summed E-state index contributed by atoms with van der Waals surface area (Å²) >= 11 is 0. The number of pyridine rings is 1. The van der Waals surface area contributed by atoms with Crippen LogP contribution < -0.4 is 10.4 Å². The van der Waals surface area contributed by atoms with E-state index >= 15 is 0 Å². The van der Waals surface area contributed by atoms with Crippen molar-refractivity contribution in [3.05, 3.63) is 35.5 Å². The first-order valence-corrected chi connectivity index (χ1v) is 7.11. The van der Waals surface area contributed by atoms with Crippen LogP contribution in [0.2, 0.25) is 0 Å². The minimum atomic E-state index is -1.14. The maximum absolute atomic E-state index is 12.5. The van der Waals surface area contributed by atoms with Gasteiger partial charge >= 0.3 is 0 Å². The number of allylic oxidation sites excluding steroid dienone is 2. The molecule has 2 bridgehead atoms. The van der Waals surface area contributed by atoms with Crippen molar-refractivity contribution in [3.8, 4) is 0 Å². The molecule has 110 valence electrons. The quantitative estimate of drug-likeness (QED) is 0.834. The summed E-state index contributed by atoms with van der Waals surface area (Å²) in [6, 6.07) is 3.70. The molecule has 1 saturated carbocycles. The normalized spacial score (nSPS) is 29.6. The van der Waals surface area contributed by atoms with Crippen molar-refractivity contribution in [1.82, 2.24) is 4.98 Å². The Morgan fingerprint density at radius 3 is 2.48 bits per heavy atom. The van der Waals surface area contributed by atoms with Gasteiger partial charge in [0.05, 0.1) is 5.92 Å². The van der Waals surface area contributed by atoms with Crippen molar-refractivity contribution in [2.24, 2.45) is 23.7 Å². The SMILES string of the molecule is Cc1cc(C)nc(NC(=O)[C@@H]2[C@@H](C(=O)[O-])[C@H]3C=C[C@@H]2C3)c1. The third-order valence-corrected chi connectivity index (χ3v) is 4.38. The van der Waals surface area contributed by atoms with Crippen LogP contribution in [0.25, 0.3) is 0 Å². The second kappa shape index (κ2) is 4.98. The van der Waals surface area contributed by atoms with Gasteiger partial charge in [-0.2, -0.15) is 0 Å². The second-order valence-electron chi connectivity index (χ2n) is 5.98. The maximum Gasteiger partial charge on any atom is 0.229 e. The van der Waals surface area contributed by atoms with E-state index in [1.54, 1.807) is 6.07 Å². The molecule has 0 aromatic carbocycles. The number of aliphatic carboxylic acids is 1. The number of carboxylic acids is 1. The Balaban J connectivity index is 1.82. The number of fused-ring (bicyclic) bond motifs is 2. The highest BCUT2D eigenvalue weighted by Gasteiger charge is 2.48. The van der Waals surface area contributed by atoms with Crippen LogP contribution in [0.15, 0.2) is 24.3 Å². The molecule has 0 spiro atoms. The molecule has 4 atom stereocenters. The summed E-state index contributed by atoms with van der Waals surface area (Å²) in [5.74, 6) is -2.33. The summed E-state index contributed by atoms with van der Waals surface area (Å²) in [6.45, 7) is 3.78. The number of carbonyl (C=O) groups excluding carboxylic acids is 2. The predicted octanol–water partition coefficient (Wildman–Crippen LogP) is 0.825. The Bertz CT molecular complexity index is 618. The van der Waals surface area contributed by atoms with E-state index in [-0.39, 0.29) is 17.7 Å². The van der Waals surface area contributed by atoms with Crippen LogP contribution >= 0.6 is 0 Å². The average Bonchev–Trinajstić information content (AvgIpc) is 2.96. The van der Waals surface area contributed by atoms with E-state index < -0.39 is 17.8 Å². The van der Waals surface area contributed by atoms with Gasteiger partial charge in [0.2, 0.25) is 5.91 Å². The summed E-state index contributed by atoms with van der Waals surface area (Å²) < 4.78 is 0. The Morgan fingerprint density at radius 2 is 1.86 bits per heavy atom. The van der Waals surface area contributed by atoms with Crippen molar-refractivity contribution in [2.45, 2.75) is 20.3 Å². The lowest BCUT2D eigenvalue weighted by Crippen LogP contribution is -2.43. The number of nitrogens with one attached hydrogen (secondary N) is 1. The molecule has 0 radical (unpaired) electrons. The number of anilines is 1. The number of aryl methyl sites for hydroxylation is 2. The largest absolute Gasteiger partial charge is 0.550 e. The van der Waals surface area contributed by atoms with Crippen molar-refractivity contribution < 1.29 is 14.7 Å². The zero-order valence-electron chi connectivity index (χ0n) is 12.0. The number of carbonyl (C=O) groups is 2. The van der Waals surface area contributed by atoms with Crippen LogP contribution in [0.4, 0.5) is 5.82 Å². The molecule has 1 aromatic heterocycles. The van der Waals surface area contributed by atoms with E-state index in [0.717, 1.165) is 17.7 Å². The van der Waals surface area contributed by atoms with E-state index in [1.807, 2.05) is 32.1 Å². The molecule has 1 fully saturated rings. The molecular weight excluding hydrogens is 268 g/mol. The van der Waals surface area contributed by atoms with Gasteiger partial charge in [0.25, 0.3) is 0 Å². The first-order valence-electron chi connectivity index (χ1n) is 7.11. The Hall–Kier alpha value is -2.17. The average molecular weight is 285 g/mol. The first kappa shape index (κ1) is 13.8. The van der Waals surface area contributed by atoms with Crippen LogP contribution in [-0.4, -0.2) is 16.9 Å². The summed E-state index contributed by atoms with van der Waals surface area (Å²) in [4.78, 5) is 28.1. The van der Waals surface area contributed by atoms with Gasteiger partial charge in [0, 0.05) is 17.6 Å². The maximum atomic E-state index is 12.5. The highest BCUT2D eigenvalue weighted by molar-refractivity contribution is 5.95. The van der Waals surface area contributed by atoms with Gasteiger partial charge in [0.1, 0.15) is 5.82 Å². The minimum absolute atomic E-state index is 0.0104. The molecule has 0 unspecified atom stereocenters. The Kier molecular flexibility index (Phi) is 3.27. The van der Waals surface area contributed by atoms with Crippen molar-refractivity contribution >= 4 is 17.7 Å². The molecule has 1 amide bonds. The van der Waals surface area contributed by atoms with Crippen LogP contribution in [0.1, 0.15) is 17.7 Å². The number of rotatable bonds is 3. The summed E-state index contributed by atoms with van der Waals surface area (Å²) in [5, 5.41) is 14.1. The lowest BCUT2D eigenvalue weighted by molar-refractivity contribution is -0.313. The van der Waals surface area contributed by atoms with E-state index in [1.165, 1.54) is 0 Å². The van der Waals surface area contributed by atoms with Crippen molar-refractivity contribution in [1.29, 1.82) is 0 Å². The molecule has 1 heterocycles. The fourth-order valence-corrected chi connectivity index (χ4v) is 3.62. The molecule has 5 heteroatoms. The molecule has 2 aliphatic carbocycles. The standard InChI is InChI=1S/C16H18N2O3/c1-8-5-9(2)17-12(6-8)18-15(19)13-10-3-4-11(7-10)14(13)16(20)21/h3-6,10-11,13-14H,7H2,1-2H3,(H,20,21)(H,17,18,19)/p-1/t10-,11+,13+,14+/m1/s1. The number of amides is 1. The van der Waals surface area contributed by atoms with E-state index in [2.05, 4.69) is 10.3 Å². The lowest BCUT2D eigenvalue weighted by atomic mass is 9.82. The van der Waals surface area contributed by atoms with Crippen LogP contribution in [-0.2, 0) is 9.59 Å². The van der Waals surface area contributed by atoms with Gasteiger partial charge in [-0.05, 0) is 49.8 Å². The van der Waals surface area contributed by atoms with Gasteiger partial charge in [-0.1, -0.05) is 12.2 Å². The van der Waals surface area contributed by atoms with Gasteiger partial charge in [-0.25, -0.2) is 4.98 Å². The van der Waals surface area contributed by atoms with Gasteiger partial charge in [0.15, 0.2) is 0 Å². The third-order valence-electron chi connectivity index (χ3n) is 4.38. The van der Waals surface area contributed by atoms with E-state index in [0.29, 0.717) is 5.82 Å². The highest BCUT2D eigenvalue weighted by Crippen LogP contribution is 2.48. The summed E-state index contributed by atoms with van der Waals surface area (Å²) in [6.07, 6.45) is 4.56. The zero-order chi connectivity index (χ0) is 15.1. The molecule has 2 aliphatic rings. The lowest BCUT2D eigenvalue weighted by Gasteiger charge is -2.27. The minimum Gasteiger partial charge on any atom is -0.550 e. The topological polar surface area (TPSA) is 82.1 Å². The van der Waals surface area contributed by atoms with Crippen molar-refractivity contribution in [2.75, 3.05) is 5.32 Å². The van der Waals surface area contributed by atoms with Crippen LogP contribution in [0, 0.1) is 37.5 Å². The Labute approximate surface area is 123 Å². The van der Waals surface area contributed by atoms with Gasteiger partial charge < -0.3 is 15.2 Å². The van der Waals surface area contributed by atoms with Crippen LogP contribution in [0.5, 0.6) is 0 Å². The first-order chi connectivity index (χ1) is 9.95. The number of nitrogens with zero attached hydrogens (tertiary/aromatic N) is 1. The van der Waals surface area contributed by atoms with E-state index in [4.69, 9.17) is 0 Å². The molecular formula is C16H17N2O3-. The highest BCUT2D eigenvalue weighted by atomic mass is 16.4. The summed E-state index contributed by atoms with van der Waals surface area (Å²) in [5.41, 5.74) is 1.82. The second-order valence-corrected chi connectivity index (χ2v) is 5.98. The predicted molar refractivity (Wildman–Crippen MR) is 75.1 cm³/mol. The van der Waals surface area contributed by atoms with Gasteiger partial charge in [-0.15, -0.1) is 0 Å². The number of carboxylic acid groups (broad SMARTS) is 1. The third kappa shape index (κ3) is 2.44. The molecule has 1 N–H and O–H groups in total. The smallest absolute Gasteiger partial charge is 0.229 e. The fourth-order valence-electron chi connectivity index (χ4n) is 3.62. The van der Waals surface area contributed by atoms with Gasteiger partial charge in [-0.3, -0.25) is 4.79 Å². The van der Waals surface area contributed by atoms with Crippen LogP contribution in [0.3, 0.4) is 0 Å². The number of hydrogen-bond acceptors (Lipinski definition) is 4. The number of aromatic nitrogens is 1. The monoisotopic (exact) mass is 285 g/mol. The molecule has 3 rings (SSSR count).